The Kier molecular flexibility index (Phi) is 4.80. The summed E-state index contributed by atoms with van der Waals surface area (Å²) >= 11 is 1.48. The van der Waals surface area contributed by atoms with Gasteiger partial charge in [0.2, 0.25) is 5.91 Å². The highest BCUT2D eigenvalue weighted by atomic mass is 32.2. The molecule has 6 heteroatoms. The van der Waals surface area contributed by atoms with Gasteiger partial charge in [-0.15, -0.1) is 0 Å². The summed E-state index contributed by atoms with van der Waals surface area (Å²) < 4.78 is 7.31. The van der Waals surface area contributed by atoms with Gasteiger partial charge in [-0.1, -0.05) is 30.0 Å². The smallest absolute Gasteiger partial charge is 0.233 e. The molecule has 2 heterocycles. The van der Waals surface area contributed by atoms with Crippen LogP contribution < -0.4 is 0 Å². The van der Waals surface area contributed by atoms with Crippen molar-refractivity contribution in [2.75, 3.05) is 32.1 Å². The second kappa shape index (κ2) is 6.98. The number of carbonyl (C=O) groups excluding carboxylic acids is 1. The van der Waals surface area contributed by atoms with E-state index in [9.17, 15) is 4.79 Å². The lowest BCUT2D eigenvalue weighted by atomic mass is 10.2. The number of rotatable bonds is 4. The number of benzene rings is 1. The number of thioether (sulfide) groups is 1. The molecule has 1 saturated heterocycles. The highest BCUT2D eigenvalue weighted by Gasteiger charge is 2.18. The second-order valence-electron chi connectivity index (χ2n) is 5.15. The molecule has 1 fully saturated rings. The molecule has 0 saturated carbocycles. The van der Waals surface area contributed by atoms with Crippen molar-refractivity contribution in [2.24, 2.45) is 0 Å². The molecule has 0 N–H and O–H groups in total. The third kappa shape index (κ3) is 3.34. The van der Waals surface area contributed by atoms with Crippen LogP contribution in [0.4, 0.5) is 0 Å². The van der Waals surface area contributed by atoms with E-state index < -0.39 is 0 Å². The molecule has 1 aromatic carbocycles. The van der Waals surface area contributed by atoms with Gasteiger partial charge < -0.3 is 9.64 Å². The first-order valence-corrected chi connectivity index (χ1v) is 8.32. The van der Waals surface area contributed by atoms with E-state index in [4.69, 9.17) is 4.74 Å². The van der Waals surface area contributed by atoms with Gasteiger partial charge in [0.25, 0.3) is 0 Å². The fraction of sp³-hybridized carbons (Fsp3) is 0.375. The fourth-order valence-corrected chi connectivity index (χ4v) is 3.31. The van der Waals surface area contributed by atoms with E-state index in [2.05, 4.69) is 24.0 Å². The van der Waals surface area contributed by atoms with Crippen molar-refractivity contribution >= 4 is 17.7 Å². The Bertz CT molecular complexity index is 650. The first-order chi connectivity index (χ1) is 10.8. The number of aromatic nitrogens is 2. The van der Waals surface area contributed by atoms with Crippen LogP contribution in [0.15, 0.2) is 41.8 Å². The number of para-hydroxylation sites is 1. The summed E-state index contributed by atoms with van der Waals surface area (Å²) in [5.41, 5.74) is 2.28. The van der Waals surface area contributed by atoms with Gasteiger partial charge in [-0.2, -0.15) is 0 Å². The third-order valence-electron chi connectivity index (χ3n) is 3.67. The lowest BCUT2D eigenvalue weighted by molar-refractivity contribution is -0.132. The maximum Gasteiger partial charge on any atom is 0.233 e. The first kappa shape index (κ1) is 15.1. The summed E-state index contributed by atoms with van der Waals surface area (Å²) in [6, 6.07) is 8.16. The first-order valence-electron chi connectivity index (χ1n) is 7.33. The molecule has 5 nitrogen and oxygen atoms in total. The second-order valence-corrected chi connectivity index (χ2v) is 6.09. The van der Waals surface area contributed by atoms with Crippen LogP contribution in [0.3, 0.4) is 0 Å². The Labute approximate surface area is 134 Å². The number of carbonyl (C=O) groups is 1. The molecule has 0 atom stereocenters. The van der Waals surface area contributed by atoms with E-state index in [1.54, 1.807) is 6.20 Å². The number of imidazole rings is 1. The highest BCUT2D eigenvalue weighted by Crippen LogP contribution is 2.22. The van der Waals surface area contributed by atoms with E-state index in [-0.39, 0.29) is 5.91 Å². The number of ether oxygens (including phenoxy) is 1. The standard InChI is InChI=1S/C16H19N3O2S/c1-13-4-2-3-5-14(13)19-7-6-17-16(19)22-12-15(20)18-8-10-21-11-9-18/h2-7H,8-12H2,1H3. The molecular formula is C16H19N3O2S. The van der Waals surface area contributed by atoms with E-state index >= 15 is 0 Å². The minimum absolute atomic E-state index is 0.146. The molecule has 1 aliphatic rings. The van der Waals surface area contributed by atoms with Crippen LogP contribution in [0.1, 0.15) is 5.56 Å². The van der Waals surface area contributed by atoms with Gasteiger partial charge in [0, 0.05) is 25.5 Å². The SMILES string of the molecule is Cc1ccccc1-n1ccnc1SCC(=O)N1CCOCC1. The topological polar surface area (TPSA) is 47.4 Å². The zero-order valence-corrected chi connectivity index (χ0v) is 13.4. The van der Waals surface area contributed by atoms with Crippen molar-refractivity contribution in [3.63, 3.8) is 0 Å². The summed E-state index contributed by atoms with van der Waals surface area (Å²) in [6.45, 7) is 4.71. The van der Waals surface area contributed by atoms with Crippen LogP contribution >= 0.6 is 11.8 Å². The normalized spacial score (nSPS) is 15.0. The monoisotopic (exact) mass is 317 g/mol. The number of morpholine rings is 1. The molecule has 0 spiro atoms. The molecule has 0 radical (unpaired) electrons. The number of amides is 1. The third-order valence-corrected chi connectivity index (χ3v) is 4.62. The molecule has 116 valence electrons. The zero-order valence-electron chi connectivity index (χ0n) is 12.6. The Morgan fingerprint density at radius 1 is 1.32 bits per heavy atom. The van der Waals surface area contributed by atoms with Crippen molar-refractivity contribution < 1.29 is 9.53 Å². The summed E-state index contributed by atoms with van der Waals surface area (Å²) in [7, 11) is 0. The molecule has 1 aliphatic heterocycles. The van der Waals surface area contributed by atoms with Gasteiger partial charge in [0.1, 0.15) is 0 Å². The zero-order chi connectivity index (χ0) is 15.4. The molecule has 0 aliphatic carbocycles. The molecule has 1 amide bonds. The van der Waals surface area contributed by atoms with Crippen LogP contribution in [0.25, 0.3) is 5.69 Å². The molecule has 1 aromatic heterocycles. The van der Waals surface area contributed by atoms with Crippen molar-refractivity contribution in [2.45, 2.75) is 12.1 Å². The summed E-state index contributed by atoms with van der Waals surface area (Å²) in [5, 5.41) is 0.843. The predicted molar refractivity (Wildman–Crippen MR) is 86.4 cm³/mol. The van der Waals surface area contributed by atoms with Gasteiger partial charge in [0.05, 0.1) is 24.7 Å². The molecule has 2 aromatic rings. The number of aryl methyl sites for hydroxylation is 1. The van der Waals surface area contributed by atoms with E-state index in [1.807, 2.05) is 27.8 Å². The van der Waals surface area contributed by atoms with Crippen LogP contribution in [-0.2, 0) is 9.53 Å². The Hall–Kier alpha value is -1.79. The number of hydrogen-bond acceptors (Lipinski definition) is 4. The Morgan fingerprint density at radius 3 is 2.86 bits per heavy atom. The van der Waals surface area contributed by atoms with E-state index in [0.29, 0.717) is 32.1 Å². The molecule has 0 bridgehead atoms. The maximum atomic E-state index is 12.2. The van der Waals surface area contributed by atoms with Gasteiger partial charge in [0.15, 0.2) is 5.16 Å². The summed E-state index contributed by atoms with van der Waals surface area (Å²) in [5.74, 6) is 0.552. The Balaban J connectivity index is 1.68. The van der Waals surface area contributed by atoms with Crippen LogP contribution in [0.5, 0.6) is 0 Å². The van der Waals surface area contributed by atoms with Gasteiger partial charge in [-0.25, -0.2) is 4.98 Å². The van der Waals surface area contributed by atoms with Gasteiger partial charge >= 0.3 is 0 Å². The van der Waals surface area contributed by atoms with E-state index in [0.717, 1.165) is 10.8 Å². The van der Waals surface area contributed by atoms with E-state index in [1.165, 1.54) is 17.3 Å². The molecular weight excluding hydrogens is 298 g/mol. The number of hydrogen-bond donors (Lipinski definition) is 0. The van der Waals surface area contributed by atoms with Crippen molar-refractivity contribution in [1.82, 2.24) is 14.5 Å². The number of nitrogens with zero attached hydrogens (tertiary/aromatic N) is 3. The lowest BCUT2D eigenvalue weighted by Crippen LogP contribution is -2.41. The highest BCUT2D eigenvalue weighted by molar-refractivity contribution is 7.99. The summed E-state index contributed by atoms with van der Waals surface area (Å²) in [6.07, 6.45) is 3.71. The van der Waals surface area contributed by atoms with Crippen molar-refractivity contribution in [3.8, 4) is 5.69 Å². The van der Waals surface area contributed by atoms with Crippen LogP contribution in [0.2, 0.25) is 0 Å². The average Bonchev–Trinajstić information content (AvgIpc) is 3.02. The minimum atomic E-state index is 0.146. The van der Waals surface area contributed by atoms with Crippen molar-refractivity contribution in [3.05, 3.63) is 42.2 Å². The lowest BCUT2D eigenvalue weighted by Gasteiger charge is -2.26. The minimum Gasteiger partial charge on any atom is -0.378 e. The quantitative estimate of drug-likeness (QED) is 0.811. The van der Waals surface area contributed by atoms with Crippen LogP contribution in [0, 0.1) is 6.92 Å². The summed E-state index contributed by atoms with van der Waals surface area (Å²) in [4.78, 5) is 18.5. The largest absolute Gasteiger partial charge is 0.378 e. The molecule has 3 rings (SSSR count). The maximum absolute atomic E-state index is 12.2. The molecule has 0 unspecified atom stereocenters. The van der Waals surface area contributed by atoms with Gasteiger partial charge in [-0.05, 0) is 18.6 Å². The van der Waals surface area contributed by atoms with Crippen LogP contribution in [-0.4, -0.2) is 52.4 Å². The molecule has 22 heavy (non-hydrogen) atoms. The fourth-order valence-electron chi connectivity index (χ4n) is 2.44. The average molecular weight is 317 g/mol. The Morgan fingerprint density at radius 2 is 2.09 bits per heavy atom. The van der Waals surface area contributed by atoms with Crippen molar-refractivity contribution in [1.29, 1.82) is 0 Å². The predicted octanol–water partition coefficient (Wildman–Crippen LogP) is 2.13. The van der Waals surface area contributed by atoms with Gasteiger partial charge in [-0.3, -0.25) is 9.36 Å².